The summed E-state index contributed by atoms with van der Waals surface area (Å²) in [6.45, 7) is 4.88. The van der Waals surface area contributed by atoms with E-state index < -0.39 is 12.1 Å². The lowest BCUT2D eigenvalue weighted by Gasteiger charge is -2.20. The standard InChI is InChI=1S/C65H123NO5/c1-3-5-7-9-11-13-15-17-19-20-21-22-23-24-25-27-30-33-37-41-45-49-53-57-63(68)62(61-67)66-64(69)58-54-50-46-42-38-34-31-28-26-29-32-36-40-44-48-52-56-60-71-65(70)59-55-51-47-43-39-35-18-16-14-12-10-8-6-4-2/h26,29,36,40,53,57,62-63,67-68H,3-25,27-28,30-35,37-39,41-52,54-56,58-61H2,1-2H3,(H,66,69)/b29-26-,40-36-,57-53+. The summed E-state index contributed by atoms with van der Waals surface area (Å²) in [5.41, 5.74) is 0. The second kappa shape index (κ2) is 60.6. The van der Waals surface area contributed by atoms with E-state index in [0.29, 0.717) is 19.4 Å². The summed E-state index contributed by atoms with van der Waals surface area (Å²) >= 11 is 0. The van der Waals surface area contributed by atoms with Crippen LogP contribution in [0.15, 0.2) is 36.5 Å². The maximum absolute atomic E-state index is 12.5. The molecule has 0 spiro atoms. The summed E-state index contributed by atoms with van der Waals surface area (Å²) in [5, 5.41) is 23.2. The highest BCUT2D eigenvalue weighted by Gasteiger charge is 2.18. The van der Waals surface area contributed by atoms with Crippen LogP contribution in [0.2, 0.25) is 0 Å². The Morgan fingerprint density at radius 1 is 0.394 bits per heavy atom. The van der Waals surface area contributed by atoms with E-state index in [2.05, 4.69) is 43.5 Å². The number of aliphatic hydroxyl groups excluding tert-OH is 2. The van der Waals surface area contributed by atoms with E-state index in [-0.39, 0.29) is 18.5 Å². The number of hydrogen-bond donors (Lipinski definition) is 3. The first-order chi connectivity index (χ1) is 35.0. The van der Waals surface area contributed by atoms with Crippen LogP contribution in [-0.4, -0.2) is 47.4 Å². The Morgan fingerprint density at radius 2 is 0.704 bits per heavy atom. The molecule has 0 aliphatic carbocycles. The molecular weight excluding hydrogens is 875 g/mol. The molecule has 0 aliphatic heterocycles. The SMILES string of the molecule is CCCCCCCCCCCCCCCCCCCCCCC/C=C/C(O)C(CO)NC(=O)CCCCCCCCC/C=C\C/C=C\CCCCCOC(=O)CCCCCCCCCCCCCCCC. The Labute approximate surface area is 443 Å². The molecule has 0 fully saturated rings. The molecule has 0 aromatic rings. The summed E-state index contributed by atoms with van der Waals surface area (Å²) in [5.74, 6) is -0.0949. The minimum atomic E-state index is -0.856. The maximum Gasteiger partial charge on any atom is 0.305 e. The van der Waals surface area contributed by atoms with Gasteiger partial charge in [0.05, 0.1) is 25.4 Å². The van der Waals surface area contributed by atoms with E-state index in [1.165, 1.54) is 231 Å². The number of carbonyl (C=O) groups excluding carboxylic acids is 2. The van der Waals surface area contributed by atoms with Crippen LogP contribution in [0.4, 0.5) is 0 Å². The normalized spacial score (nSPS) is 12.8. The van der Waals surface area contributed by atoms with Crippen molar-refractivity contribution in [1.29, 1.82) is 0 Å². The second-order valence-corrected chi connectivity index (χ2v) is 21.7. The van der Waals surface area contributed by atoms with Crippen molar-refractivity contribution in [2.45, 2.75) is 353 Å². The van der Waals surface area contributed by atoms with Gasteiger partial charge in [-0.25, -0.2) is 0 Å². The molecule has 0 radical (unpaired) electrons. The van der Waals surface area contributed by atoms with Crippen molar-refractivity contribution >= 4 is 11.9 Å². The minimum absolute atomic E-state index is 0.0138. The first-order valence-corrected chi connectivity index (χ1v) is 31.8. The van der Waals surface area contributed by atoms with Crippen LogP contribution in [0.1, 0.15) is 341 Å². The van der Waals surface area contributed by atoms with Crippen molar-refractivity contribution in [3.8, 4) is 0 Å². The van der Waals surface area contributed by atoms with Crippen molar-refractivity contribution in [1.82, 2.24) is 5.32 Å². The van der Waals surface area contributed by atoms with Gasteiger partial charge in [-0.1, -0.05) is 294 Å². The zero-order valence-corrected chi connectivity index (χ0v) is 47.7. The number of aliphatic hydroxyl groups is 2. The van der Waals surface area contributed by atoms with E-state index in [1.807, 2.05) is 6.08 Å². The number of amides is 1. The predicted octanol–water partition coefficient (Wildman–Crippen LogP) is 20.0. The maximum atomic E-state index is 12.5. The van der Waals surface area contributed by atoms with Gasteiger partial charge in [-0.15, -0.1) is 0 Å². The van der Waals surface area contributed by atoms with Gasteiger partial charge in [0, 0.05) is 12.8 Å². The highest BCUT2D eigenvalue weighted by atomic mass is 16.5. The van der Waals surface area contributed by atoms with E-state index in [9.17, 15) is 19.8 Å². The number of ether oxygens (including phenoxy) is 1. The number of carbonyl (C=O) groups is 2. The van der Waals surface area contributed by atoms with Gasteiger partial charge >= 0.3 is 5.97 Å². The minimum Gasteiger partial charge on any atom is -0.466 e. The fourth-order valence-electron chi connectivity index (χ4n) is 9.78. The number of esters is 1. The average Bonchev–Trinajstić information content (AvgIpc) is 3.37. The predicted molar refractivity (Wildman–Crippen MR) is 310 cm³/mol. The molecule has 6 nitrogen and oxygen atoms in total. The van der Waals surface area contributed by atoms with Crippen LogP contribution < -0.4 is 5.32 Å². The number of hydrogen-bond acceptors (Lipinski definition) is 5. The van der Waals surface area contributed by atoms with E-state index in [1.54, 1.807) is 6.08 Å². The van der Waals surface area contributed by atoms with Gasteiger partial charge in [0.2, 0.25) is 5.91 Å². The van der Waals surface area contributed by atoms with Gasteiger partial charge in [-0.3, -0.25) is 9.59 Å². The lowest BCUT2D eigenvalue weighted by molar-refractivity contribution is -0.143. The monoisotopic (exact) mass is 998 g/mol. The molecule has 3 N–H and O–H groups in total. The molecule has 0 rings (SSSR count). The van der Waals surface area contributed by atoms with Crippen LogP contribution in [0.5, 0.6) is 0 Å². The number of rotatable bonds is 59. The molecule has 0 aromatic heterocycles. The number of nitrogens with one attached hydrogen (secondary N) is 1. The van der Waals surface area contributed by atoms with Gasteiger partial charge in [0.15, 0.2) is 0 Å². The van der Waals surface area contributed by atoms with Crippen molar-refractivity contribution in [3.05, 3.63) is 36.5 Å². The smallest absolute Gasteiger partial charge is 0.305 e. The molecule has 0 aliphatic rings. The topological polar surface area (TPSA) is 95.9 Å². The fraction of sp³-hybridized carbons (Fsp3) is 0.877. The average molecular weight is 999 g/mol. The van der Waals surface area contributed by atoms with E-state index in [4.69, 9.17) is 4.74 Å². The first-order valence-electron chi connectivity index (χ1n) is 31.8. The van der Waals surface area contributed by atoms with E-state index in [0.717, 1.165) is 83.5 Å². The Hall–Kier alpha value is -1.92. The summed E-state index contributed by atoms with van der Waals surface area (Å²) < 4.78 is 5.46. The molecule has 0 bridgehead atoms. The quantitative estimate of drug-likeness (QED) is 0.0321. The molecule has 2 unspecified atom stereocenters. The highest BCUT2D eigenvalue weighted by molar-refractivity contribution is 5.76. The van der Waals surface area contributed by atoms with Gasteiger partial charge in [0.1, 0.15) is 0 Å². The Morgan fingerprint density at radius 3 is 1.07 bits per heavy atom. The molecule has 6 heteroatoms. The molecule has 0 saturated carbocycles. The molecule has 0 aromatic carbocycles. The van der Waals surface area contributed by atoms with Crippen molar-refractivity contribution in [2.75, 3.05) is 13.2 Å². The Kier molecular flexibility index (Phi) is 59.0. The van der Waals surface area contributed by atoms with Crippen LogP contribution in [-0.2, 0) is 14.3 Å². The molecule has 418 valence electrons. The molecule has 2 atom stereocenters. The van der Waals surface area contributed by atoms with E-state index >= 15 is 0 Å². The summed E-state index contributed by atoms with van der Waals surface area (Å²) in [7, 11) is 0. The van der Waals surface area contributed by atoms with Gasteiger partial charge in [-0.2, -0.15) is 0 Å². The Bertz CT molecular complexity index is 1150. The third-order valence-corrected chi connectivity index (χ3v) is 14.7. The zero-order chi connectivity index (χ0) is 51.4. The fourth-order valence-corrected chi connectivity index (χ4v) is 9.78. The van der Waals surface area contributed by atoms with Crippen molar-refractivity contribution in [3.63, 3.8) is 0 Å². The summed E-state index contributed by atoms with van der Waals surface area (Å²) in [6.07, 6.45) is 76.1. The first kappa shape index (κ1) is 69.1. The molecule has 71 heavy (non-hydrogen) atoms. The van der Waals surface area contributed by atoms with Crippen LogP contribution in [0.25, 0.3) is 0 Å². The van der Waals surface area contributed by atoms with Crippen molar-refractivity contribution in [2.24, 2.45) is 0 Å². The lowest BCUT2D eigenvalue weighted by Crippen LogP contribution is -2.45. The van der Waals surface area contributed by atoms with Crippen molar-refractivity contribution < 1.29 is 24.5 Å². The largest absolute Gasteiger partial charge is 0.466 e. The van der Waals surface area contributed by atoms with Gasteiger partial charge < -0.3 is 20.3 Å². The molecule has 0 saturated heterocycles. The van der Waals surface area contributed by atoms with Crippen LogP contribution in [0, 0.1) is 0 Å². The van der Waals surface area contributed by atoms with Gasteiger partial charge in [-0.05, 0) is 70.6 Å². The van der Waals surface area contributed by atoms with Crippen LogP contribution >= 0.6 is 0 Å². The number of allylic oxidation sites excluding steroid dienone is 5. The highest BCUT2D eigenvalue weighted by Crippen LogP contribution is 2.17. The summed E-state index contributed by atoms with van der Waals surface area (Å²) in [6, 6.07) is -0.641. The zero-order valence-electron chi connectivity index (χ0n) is 47.7. The van der Waals surface area contributed by atoms with Gasteiger partial charge in [0.25, 0.3) is 0 Å². The summed E-state index contributed by atoms with van der Waals surface area (Å²) in [4.78, 5) is 24.5. The molecule has 0 heterocycles. The third kappa shape index (κ3) is 57.2. The lowest BCUT2D eigenvalue weighted by atomic mass is 10.0. The van der Waals surface area contributed by atoms with Crippen LogP contribution in [0.3, 0.4) is 0 Å². The second-order valence-electron chi connectivity index (χ2n) is 21.7. The third-order valence-electron chi connectivity index (χ3n) is 14.7. The number of unbranched alkanes of at least 4 members (excludes halogenated alkanes) is 44. The molecular formula is C65H123NO5. The Balaban J connectivity index is 3.52. The molecule has 1 amide bonds.